The minimum absolute atomic E-state index is 0.272. The number of Topliss-reactive ketones (excluding diaryl/α,β-unsaturated/α-hetero) is 1. The van der Waals surface area contributed by atoms with Gasteiger partial charge in [-0.1, -0.05) is 37.3 Å². The van der Waals surface area contributed by atoms with Crippen LogP contribution in [0.15, 0.2) is 30.3 Å². The average molecular weight is 203 g/mol. The predicted molar refractivity (Wildman–Crippen MR) is 56.4 cm³/mol. The lowest BCUT2D eigenvalue weighted by Crippen LogP contribution is -2.23. The summed E-state index contributed by atoms with van der Waals surface area (Å²) in [5.41, 5.74) is 0.514. The van der Waals surface area contributed by atoms with E-state index in [0.717, 1.165) is 6.42 Å². The molecule has 0 bridgehead atoms. The van der Waals surface area contributed by atoms with Gasteiger partial charge in [-0.2, -0.15) is 5.26 Å². The molecule has 0 aliphatic heterocycles. The molecule has 0 aromatic heterocycles. The zero-order valence-corrected chi connectivity index (χ0v) is 8.64. The number of benzene rings is 1. The van der Waals surface area contributed by atoms with Gasteiger partial charge < -0.3 is 4.74 Å². The summed E-state index contributed by atoms with van der Waals surface area (Å²) in [6.07, 6.45) is -0.187. The third kappa shape index (κ3) is 3.19. The molecule has 1 unspecified atom stereocenters. The minimum Gasteiger partial charge on any atom is -0.355 e. The van der Waals surface area contributed by atoms with Crippen LogP contribution in [0.5, 0.6) is 0 Å². The second kappa shape index (κ2) is 5.94. The predicted octanol–water partition coefficient (Wildman–Crippen LogP) is 2.19. The van der Waals surface area contributed by atoms with Crippen molar-refractivity contribution in [2.24, 2.45) is 0 Å². The molecule has 0 N–H and O–H groups in total. The number of carbonyl (C=O) groups excluding carboxylic acids is 1. The molecule has 0 aliphatic rings. The monoisotopic (exact) mass is 203 g/mol. The van der Waals surface area contributed by atoms with Gasteiger partial charge >= 0.3 is 0 Å². The van der Waals surface area contributed by atoms with Crippen molar-refractivity contribution in [2.45, 2.75) is 19.4 Å². The van der Waals surface area contributed by atoms with E-state index in [1.54, 1.807) is 24.3 Å². The van der Waals surface area contributed by atoms with Crippen molar-refractivity contribution in [1.82, 2.24) is 0 Å². The van der Waals surface area contributed by atoms with Gasteiger partial charge in [0.05, 0.1) is 0 Å². The van der Waals surface area contributed by atoms with Crippen LogP contribution in [0.25, 0.3) is 0 Å². The number of nitrogens with zero attached hydrogens (tertiary/aromatic N) is 1. The molecule has 0 heterocycles. The zero-order chi connectivity index (χ0) is 11.1. The first-order valence-corrected chi connectivity index (χ1v) is 4.90. The molecule has 1 aromatic carbocycles. The molecule has 15 heavy (non-hydrogen) atoms. The topological polar surface area (TPSA) is 50.1 Å². The van der Waals surface area contributed by atoms with Crippen LogP contribution < -0.4 is 0 Å². The lowest BCUT2D eigenvalue weighted by atomic mass is 10.1. The highest BCUT2D eigenvalue weighted by atomic mass is 16.5. The molecule has 0 aliphatic carbocycles. The molecule has 0 saturated heterocycles. The van der Waals surface area contributed by atoms with Crippen LogP contribution in [0.2, 0.25) is 0 Å². The van der Waals surface area contributed by atoms with Gasteiger partial charge in [-0.25, -0.2) is 0 Å². The van der Waals surface area contributed by atoms with Gasteiger partial charge in [0.25, 0.3) is 0 Å². The Kier molecular flexibility index (Phi) is 4.52. The van der Waals surface area contributed by atoms with E-state index in [0.29, 0.717) is 12.2 Å². The Bertz CT molecular complexity index is 354. The Labute approximate surface area is 89.3 Å². The second-order valence-corrected chi connectivity index (χ2v) is 3.11. The van der Waals surface area contributed by atoms with Crippen LogP contribution in [-0.2, 0) is 4.74 Å². The molecule has 0 fully saturated rings. The highest BCUT2D eigenvalue weighted by Crippen LogP contribution is 2.06. The Balaban J connectivity index is 2.70. The van der Waals surface area contributed by atoms with Gasteiger partial charge in [-0.15, -0.1) is 0 Å². The van der Waals surface area contributed by atoms with E-state index in [1.807, 2.05) is 19.1 Å². The zero-order valence-electron chi connectivity index (χ0n) is 8.64. The molecular weight excluding hydrogens is 190 g/mol. The molecule has 1 aromatic rings. The summed E-state index contributed by atoms with van der Waals surface area (Å²) in [7, 11) is 0. The minimum atomic E-state index is -0.979. The van der Waals surface area contributed by atoms with Crippen molar-refractivity contribution in [3.05, 3.63) is 35.9 Å². The van der Waals surface area contributed by atoms with Crippen molar-refractivity contribution in [2.75, 3.05) is 6.61 Å². The summed E-state index contributed by atoms with van der Waals surface area (Å²) in [5, 5.41) is 8.79. The summed E-state index contributed by atoms with van der Waals surface area (Å²) in [6, 6.07) is 10.6. The maximum atomic E-state index is 11.7. The maximum Gasteiger partial charge on any atom is 0.206 e. The third-order valence-corrected chi connectivity index (χ3v) is 1.90. The fraction of sp³-hybridized carbons (Fsp3) is 0.333. The first-order chi connectivity index (χ1) is 7.29. The lowest BCUT2D eigenvalue weighted by Gasteiger charge is -2.08. The van der Waals surface area contributed by atoms with Crippen molar-refractivity contribution in [3.63, 3.8) is 0 Å². The quantitative estimate of drug-likeness (QED) is 0.689. The average Bonchev–Trinajstić information content (AvgIpc) is 2.31. The molecule has 3 nitrogen and oxygen atoms in total. The van der Waals surface area contributed by atoms with Gasteiger partial charge in [-0.05, 0) is 6.42 Å². The standard InChI is InChI=1S/C12H13NO2/c1-2-8-15-11(9-13)12(14)10-6-4-3-5-7-10/h3-7,11H,2,8H2,1H3. The van der Waals surface area contributed by atoms with Crippen LogP contribution in [0.3, 0.4) is 0 Å². The Morgan fingerprint density at radius 3 is 2.67 bits per heavy atom. The highest BCUT2D eigenvalue weighted by molar-refractivity contribution is 6.01. The lowest BCUT2D eigenvalue weighted by molar-refractivity contribution is 0.0591. The molecule has 1 atom stereocenters. The van der Waals surface area contributed by atoms with Crippen LogP contribution in [0, 0.1) is 11.3 Å². The summed E-state index contributed by atoms with van der Waals surface area (Å²) in [6.45, 7) is 2.36. The first kappa shape index (κ1) is 11.4. The highest BCUT2D eigenvalue weighted by Gasteiger charge is 2.19. The van der Waals surface area contributed by atoms with Gasteiger partial charge in [0.2, 0.25) is 11.9 Å². The molecule has 3 heteroatoms. The summed E-state index contributed by atoms with van der Waals surface area (Å²) >= 11 is 0. The molecule has 1 rings (SSSR count). The molecule has 0 saturated carbocycles. The van der Waals surface area contributed by atoms with Crippen LogP contribution in [0.1, 0.15) is 23.7 Å². The van der Waals surface area contributed by atoms with Crippen LogP contribution in [0.4, 0.5) is 0 Å². The van der Waals surface area contributed by atoms with E-state index in [4.69, 9.17) is 10.00 Å². The van der Waals surface area contributed by atoms with E-state index in [1.165, 1.54) is 0 Å². The second-order valence-electron chi connectivity index (χ2n) is 3.11. The summed E-state index contributed by atoms with van der Waals surface area (Å²) in [5.74, 6) is -0.272. The van der Waals surface area contributed by atoms with E-state index < -0.39 is 6.10 Å². The van der Waals surface area contributed by atoms with Crippen LogP contribution >= 0.6 is 0 Å². The normalized spacial score (nSPS) is 11.7. The van der Waals surface area contributed by atoms with Crippen LogP contribution in [-0.4, -0.2) is 18.5 Å². The van der Waals surface area contributed by atoms with Gasteiger partial charge in [0.1, 0.15) is 6.07 Å². The smallest absolute Gasteiger partial charge is 0.206 e. The SMILES string of the molecule is CCCOC(C#N)C(=O)c1ccccc1. The maximum absolute atomic E-state index is 11.7. The van der Waals surface area contributed by atoms with Crippen molar-refractivity contribution >= 4 is 5.78 Å². The molecule has 0 amide bonds. The van der Waals surface area contributed by atoms with Crippen molar-refractivity contribution in [1.29, 1.82) is 5.26 Å². The molecule has 78 valence electrons. The van der Waals surface area contributed by atoms with Crippen molar-refractivity contribution < 1.29 is 9.53 Å². The van der Waals surface area contributed by atoms with E-state index >= 15 is 0 Å². The van der Waals surface area contributed by atoms with Gasteiger partial charge in [-0.3, -0.25) is 4.79 Å². The van der Waals surface area contributed by atoms with Gasteiger partial charge in [0, 0.05) is 12.2 Å². The first-order valence-electron chi connectivity index (χ1n) is 4.90. The third-order valence-electron chi connectivity index (χ3n) is 1.90. The van der Waals surface area contributed by atoms with E-state index in [-0.39, 0.29) is 5.78 Å². The number of ketones is 1. The fourth-order valence-electron chi connectivity index (χ4n) is 1.16. The Morgan fingerprint density at radius 2 is 2.13 bits per heavy atom. The fourth-order valence-corrected chi connectivity index (χ4v) is 1.16. The van der Waals surface area contributed by atoms with E-state index in [9.17, 15) is 4.79 Å². The number of rotatable bonds is 5. The molecular formula is C12H13NO2. The largest absolute Gasteiger partial charge is 0.355 e. The summed E-state index contributed by atoms with van der Waals surface area (Å²) < 4.78 is 5.15. The van der Waals surface area contributed by atoms with Crippen molar-refractivity contribution in [3.8, 4) is 6.07 Å². The Hall–Kier alpha value is -1.66. The number of ether oxygens (including phenoxy) is 1. The number of hydrogen-bond donors (Lipinski definition) is 0. The molecule has 0 radical (unpaired) electrons. The Morgan fingerprint density at radius 1 is 1.47 bits per heavy atom. The van der Waals surface area contributed by atoms with Gasteiger partial charge in [0.15, 0.2) is 0 Å². The number of carbonyl (C=O) groups is 1. The number of nitriles is 1. The number of hydrogen-bond acceptors (Lipinski definition) is 3. The van der Waals surface area contributed by atoms with E-state index in [2.05, 4.69) is 0 Å². The summed E-state index contributed by atoms with van der Waals surface area (Å²) in [4.78, 5) is 11.7. The molecule has 0 spiro atoms.